The van der Waals surface area contributed by atoms with Crippen LogP contribution in [0.1, 0.15) is 13.8 Å². The third-order valence-corrected chi connectivity index (χ3v) is 1.86. The summed E-state index contributed by atoms with van der Waals surface area (Å²) in [4.78, 5) is 0. The van der Waals surface area contributed by atoms with Crippen molar-refractivity contribution in [3.63, 3.8) is 0 Å². The van der Waals surface area contributed by atoms with Crippen LogP contribution < -0.4 is 0 Å². The molecule has 0 unspecified atom stereocenters. The quantitative estimate of drug-likeness (QED) is 0.567. The van der Waals surface area contributed by atoms with Crippen LogP contribution in [0.3, 0.4) is 0 Å². The lowest BCUT2D eigenvalue weighted by molar-refractivity contribution is 0.485. The average molecular weight is 157 g/mol. The SMILES string of the molecule is CC(C)SC[B-](F)(F)F. The number of hydrogen-bond donors (Lipinski definition) is 0. The summed E-state index contributed by atoms with van der Waals surface area (Å²) in [5.74, 6) is 0. The van der Waals surface area contributed by atoms with Gasteiger partial charge in [-0.05, 0) is 10.9 Å². The van der Waals surface area contributed by atoms with Crippen molar-refractivity contribution in [3.05, 3.63) is 0 Å². The van der Waals surface area contributed by atoms with Gasteiger partial charge in [0, 0.05) is 0 Å². The van der Waals surface area contributed by atoms with Gasteiger partial charge in [0.2, 0.25) is 0 Å². The highest BCUT2D eigenvalue weighted by Gasteiger charge is 2.22. The van der Waals surface area contributed by atoms with Gasteiger partial charge in [-0.25, -0.2) is 0 Å². The standard InChI is InChI=1S/C4H9BF3S/c1-4(2)9-3-5(6,7)8/h4H,3H2,1-2H3/q-1. The van der Waals surface area contributed by atoms with Gasteiger partial charge < -0.3 is 12.9 Å². The minimum absolute atomic E-state index is 0.0773. The fraction of sp³-hybridized carbons (Fsp3) is 1.00. The van der Waals surface area contributed by atoms with Gasteiger partial charge in [0.25, 0.3) is 0 Å². The van der Waals surface area contributed by atoms with Gasteiger partial charge in [0.05, 0.1) is 0 Å². The van der Waals surface area contributed by atoms with Gasteiger partial charge in [0.15, 0.2) is 0 Å². The van der Waals surface area contributed by atoms with Crippen LogP contribution in [0.25, 0.3) is 0 Å². The molecule has 0 fully saturated rings. The first-order valence-corrected chi connectivity index (χ1v) is 3.79. The van der Waals surface area contributed by atoms with Crippen molar-refractivity contribution in [2.45, 2.75) is 19.1 Å². The second kappa shape index (κ2) is 3.39. The van der Waals surface area contributed by atoms with Gasteiger partial charge in [-0.15, -0.1) is 0 Å². The molecule has 0 atom stereocenters. The zero-order valence-electron chi connectivity index (χ0n) is 5.40. The lowest BCUT2D eigenvalue weighted by Gasteiger charge is -2.13. The summed E-state index contributed by atoms with van der Waals surface area (Å²) in [5, 5.41) is 0.0773. The molecule has 0 spiro atoms. The fourth-order valence-electron chi connectivity index (χ4n) is 0.302. The van der Waals surface area contributed by atoms with Crippen molar-refractivity contribution in [1.82, 2.24) is 0 Å². The van der Waals surface area contributed by atoms with E-state index in [1.54, 1.807) is 13.8 Å². The fourth-order valence-corrected chi connectivity index (χ4v) is 0.905. The van der Waals surface area contributed by atoms with Crippen molar-refractivity contribution in [2.24, 2.45) is 0 Å². The second-order valence-corrected chi connectivity index (χ2v) is 3.70. The maximum Gasteiger partial charge on any atom is 0.488 e. The summed E-state index contributed by atoms with van der Waals surface area (Å²) >= 11 is 0.941. The van der Waals surface area contributed by atoms with Crippen LogP contribution in [0.5, 0.6) is 0 Å². The Morgan fingerprint density at radius 1 is 1.33 bits per heavy atom. The van der Waals surface area contributed by atoms with E-state index >= 15 is 0 Å². The van der Waals surface area contributed by atoms with Crippen molar-refractivity contribution in [3.8, 4) is 0 Å². The zero-order chi connectivity index (χ0) is 7.49. The Morgan fingerprint density at radius 3 is 1.89 bits per heavy atom. The van der Waals surface area contributed by atoms with Crippen molar-refractivity contribution >= 4 is 18.7 Å². The van der Waals surface area contributed by atoms with Crippen LogP contribution in [0.15, 0.2) is 0 Å². The molecule has 0 amide bonds. The lowest BCUT2D eigenvalue weighted by Crippen LogP contribution is -2.20. The lowest BCUT2D eigenvalue weighted by atomic mass is 9.98. The molecular weight excluding hydrogens is 148 g/mol. The Labute approximate surface area is 57.3 Å². The molecule has 0 aliphatic heterocycles. The van der Waals surface area contributed by atoms with Gasteiger partial charge in [-0.3, -0.25) is 0 Å². The number of thioether (sulfide) groups is 1. The Bertz CT molecular complexity index is 80.4. The monoisotopic (exact) mass is 157 g/mol. The van der Waals surface area contributed by atoms with E-state index in [4.69, 9.17) is 0 Å². The van der Waals surface area contributed by atoms with Crippen LogP contribution in [0, 0.1) is 0 Å². The number of hydrogen-bond acceptors (Lipinski definition) is 1. The summed E-state index contributed by atoms with van der Waals surface area (Å²) in [7, 11) is 0. The third kappa shape index (κ3) is 8.20. The third-order valence-electron chi connectivity index (χ3n) is 0.619. The maximum atomic E-state index is 11.5. The van der Waals surface area contributed by atoms with E-state index < -0.39 is 12.6 Å². The highest BCUT2D eigenvalue weighted by atomic mass is 32.2. The van der Waals surface area contributed by atoms with E-state index in [9.17, 15) is 12.9 Å². The van der Waals surface area contributed by atoms with Crippen LogP contribution in [0.4, 0.5) is 12.9 Å². The molecule has 0 N–H and O–H groups in total. The first kappa shape index (κ1) is 9.20. The molecular formula is C4H9BF3S-. The molecule has 0 nitrogen and oxygen atoms in total. The predicted molar refractivity (Wildman–Crippen MR) is 36.7 cm³/mol. The highest BCUT2D eigenvalue weighted by molar-refractivity contribution is 8.01. The van der Waals surface area contributed by atoms with Gasteiger partial charge >= 0.3 is 6.98 Å². The Hall–Kier alpha value is 0.205. The van der Waals surface area contributed by atoms with E-state index in [0.717, 1.165) is 11.8 Å². The maximum absolute atomic E-state index is 11.5. The smallest absolute Gasteiger partial charge is 0.448 e. The predicted octanol–water partition coefficient (Wildman–Crippen LogP) is 2.51. The molecule has 0 radical (unpaired) electrons. The molecule has 0 aromatic heterocycles. The average Bonchev–Trinajstić information content (AvgIpc) is 1.59. The molecule has 0 heterocycles. The van der Waals surface area contributed by atoms with Crippen LogP contribution in [-0.4, -0.2) is 17.9 Å². The van der Waals surface area contributed by atoms with Crippen LogP contribution >= 0.6 is 11.8 Å². The molecule has 0 rings (SSSR count). The summed E-state index contributed by atoms with van der Waals surface area (Å²) in [6, 6.07) is 0. The van der Waals surface area contributed by atoms with Gasteiger partial charge in [0.1, 0.15) is 0 Å². The van der Waals surface area contributed by atoms with Crippen molar-refractivity contribution in [1.29, 1.82) is 0 Å². The van der Waals surface area contributed by atoms with E-state index in [-0.39, 0.29) is 5.25 Å². The molecule has 0 aromatic carbocycles. The summed E-state index contributed by atoms with van der Waals surface area (Å²) < 4.78 is 34.4. The molecule has 9 heavy (non-hydrogen) atoms. The van der Waals surface area contributed by atoms with E-state index in [0.29, 0.717) is 0 Å². The Morgan fingerprint density at radius 2 is 1.78 bits per heavy atom. The molecule has 0 saturated heterocycles. The highest BCUT2D eigenvalue weighted by Crippen LogP contribution is 2.19. The Balaban J connectivity index is 3.28. The van der Waals surface area contributed by atoms with Crippen molar-refractivity contribution < 1.29 is 12.9 Å². The zero-order valence-corrected chi connectivity index (χ0v) is 6.22. The van der Waals surface area contributed by atoms with Crippen LogP contribution in [-0.2, 0) is 0 Å². The van der Waals surface area contributed by atoms with Crippen molar-refractivity contribution in [2.75, 3.05) is 5.65 Å². The first-order valence-electron chi connectivity index (χ1n) is 2.74. The summed E-state index contributed by atoms with van der Waals surface area (Å²) in [6.07, 6.45) is 0. The minimum Gasteiger partial charge on any atom is -0.448 e. The van der Waals surface area contributed by atoms with E-state index in [1.807, 2.05) is 0 Å². The molecule has 0 aliphatic carbocycles. The molecule has 0 saturated carbocycles. The summed E-state index contributed by atoms with van der Waals surface area (Å²) in [6.45, 7) is -1.06. The van der Waals surface area contributed by atoms with Gasteiger partial charge in [-0.1, -0.05) is 13.8 Å². The molecule has 0 aromatic rings. The number of halogens is 3. The topological polar surface area (TPSA) is 0 Å². The largest absolute Gasteiger partial charge is 0.488 e. The molecule has 5 heteroatoms. The Kier molecular flexibility index (Phi) is 3.47. The molecule has 0 bridgehead atoms. The van der Waals surface area contributed by atoms with E-state index in [2.05, 4.69) is 0 Å². The number of rotatable bonds is 3. The van der Waals surface area contributed by atoms with Crippen LogP contribution in [0.2, 0.25) is 0 Å². The van der Waals surface area contributed by atoms with E-state index in [1.165, 1.54) is 0 Å². The minimum atomic E-state index is -4.57. The molecule has 56 valence electrons. The normalized spacial score (nSPS) is 12.7. The van der Waals surface area contributed by atoms with Gasteiger partial charge in [-0.2, -0.15) is 11.8 Å². The second-order valence-electron chi connectivity index (χ2n) is 2.09. The molecule has 0 aliphatic rings. The summed E-state index contributed by atoms with van der Waals surface area (Å²) in [5.41, 5.74) is -0.669. The first-order chi connectivity index (χ1) is 3.92.